The van der Waals surface area contributed by atoms with Crippen molar-refractivity contribution in [1.29, 1.82) is 0 Å². The van der Waals surface area contributed by atoms with E-state index in [0.717, 1.165) is 22.6 Å². The number of nitrogens with zero attached hydrogens (tertiary/aromatic N) is 1. The number of amides is 1. The van der Waals surface area contributed by atoms with Crippen molar-refractivity contribution in [3.8, 4) is 23.0 Å². The fourth-order valence-electron chi connectivity index (χ4n) is 2.87. The van der Waals surface area contributed by atoms with Crippen LogP contribution in [0.5, 0.6) is 23.0 Å². The Kier molecular flexibility index (Phi) is 6.68. The van der Waals surface area contributed by atoms with Gasteiger partial charge < -0.3 is 19.5 Å². The van der Waals surface area contributed by atoms with Gasteiger partial charge >= 0.3 is 0 Å². The smallest absolute Gasteiger partial charge is 0.224 e. The van der Waals surface area contributed by atoms with Gasteiger partial charge in [-0.2, -0.15) is 0 Å². The molecule has 0 aliphatic carbocycles. The number of hydrogen-bond donors (Lipinski definition) is 1. The second-order valence-corrected chi connectivity index (χ2v) is 6.54. The highest BCUT2D eigenvalue weighted by Gasteiger charge is 2.08. The molecule has 1 amide bonds. The number of nitrogens with one attached hydrogen (secondary N) is 1. The summed E-state index contributed by atoms with van der Waals surface area (Å²) >= 11 is 0. The number of anilines is 1. The Bertz CT molecular complexity index is 952. The number of aryl methyl sites for hydroxylation is 2. The van der Waals surface area contributed by atoms with Crippen LogP contribution in [0.2, 0.25) is 0 Å². The summed E-state index contributed by atoms with van der Waals surface area (Å²) in [6.07, 6.45) is 4.28. The van der Waals surface area contributed by atoms with Crippen LogP contribution in [0.3, 0.4) is 0 Å². The van der Waals surface area contributed by atoms with E-state index in [9.17, 15) is 4.79 Å². The van der Waals surface area contributed by atoms with Crippen molar-refractivity contribution < 1.29 is 19.0 Å². The van der Waals surface area contributed by atoms with Gasteiger partial charge in [-0.25, -0.2) is 0 Å². The van der Waals surface area contributed by atoms with E-state index < -0.39 is 0 Å². The average molecular weight is 392 g/mol. The molecule has 6 nitrogen and oxygen atoms in total. The zero-order valence-electron chi connectivity index (χ0n) is 16.8. The molecule has 0 atom stereocenters. The molecule has 0 radical (unpaired) electrons. The Hall–Kier alpha value is -3.54. The van der Waals surface area contributed by atoms with Gasteiger partial charge in [-0.1, -0.05) is 0 Å². The highest BCUT2D eigenvalue weighted by molar-refractivity contribution is 5.91. The molecule has 0 saturated carbocycles. The van der Waals surface area contributed by atoms with Gasteiger partial charge in [-0.05, 0) is 66.9 Å². The summed E-state index contributed by atoms with van der Waals surface area (Å²) in [6.45, 7) is 1.93. The second-order valence-electron chi connectivity index (χ2n) is 6.54. The van der Waals surface area contributed by atoms with Crippen LogP contribution in [-0.2, 0) is 11.2 Å². The van der Waals surface area contributed by atoms with Crippen LogP contribution in [0.4, 0.5) is 5.69 Å². The van der Waals surface area contributed by atoms with Gasteiger partial charge in [-0.15, -0.1) is 0 Å². The highest BCUT2D eigenvalue weighted by Crippen LogP contribution is 2.27. The molecule has 0 fully saturated rings. The van der Waals surface area contributed by atoms with Gasteiger partial charge in [0.05, 0.1) is 20.4 Å². The molecule has 0 aliphatic rings. The van der Waals surface area contributed by atoms with E-state index >= 15 is 0 Å². The molecule has 6 heteroatoms. The zero-order valence-corrected chi connectivity index (χ0v) is 16.8. The first-order valence-corrected chi connectivity index (χ1v) is 9.27. The molecule has 1 aromatic heterocycles. The van der Waals surface area contributed by atoms with Crippen molar-refractivity contribution in [3.63, 3.8) is 0 Å². The highest BCUT2D eigenvalue weighted by atomic mass is 16.5. The van der Waals surface area contributed by atoms with Crippen molar-refractivity contribution in [2.75, 3.05) is 19.5 Å². The summed E-state index contributed by atoms with van der Waals surface area (Å²) in [5.41, 5.74) is 2.63. The van der Waals surface area contributed by atoms with Gasteiger partial charge in [0, 0.05) is 24.4 Å². The molecule has 0 spiro atoms. The molecule has 1 heterocycles. The van der Waals surface area contributed by atoms with E-state index in [4.69, 9.17) is 14.2 Å². The predicted octanol–water partition coefficient (Wildman–Crippen LogP) is 4.77. The summed E-state index contributed by atoms with van der Waals surface area (Å²) in [5, 5.41) is 2.93. The first-order valence-electron chi connectivity index (χ1n) is 9.27. The van der Waals surface area contributed by atoms with E-state index in [1.807, 2.05) is 55.5 Å². The van der Waals surface area contributed by atoms with Crippen molar-refractivity contribution in [3.05, 3.63) is 72.1 Å². The van der Waals surface area contributed by atoms with E-state index in [1.54, 1.807) is 26.6 Å². The third-order valence-corrected chi connectivity index (χ3v) is 4.37. The van der Waals surface area contributed by atoms with E-state index in [-0.39, 0.29) is 5.91 Å². The quantitative estimate of drug-likeness (QED) is 0.598. The van der Waals surface area contributed by atoms with Crippen LogP contribution < -0.4 is 19.5 Å². The predicted molar refractivity (Wildman–Crippen MR) is 112 cm³/mol. The number of rotatable bonds is 8. The number of aromatic nitrogens is 1. The van der Waals surface area contributed by atoms with E-state index in [2.05, 4.69) is 10.3 Å². The van der Waals surface area contributed by atoms with E-state index in [0.29, 0.717) is 30.1 Å². The van der Waals surface area contributed by atoms with Crippen LogP contribution in [-0.4, -0.2) is 25.1 Å². The molecule has 0 aliphatic heterocycles. The van der Waals surface area contributed by atoms with Crippen molar-refractivity contribution in [2.45, 2.75) is 19.8 Å². The van der Waals surface area contributed by atoms with Crippen molar-refractivity contribution in [1.82, 2.24) is 4.98 Å². The van der Waals surface area contributed by atoms with Crippen molar-refractivity contribution >= 4 is 11.6 Å². The fraction of sp³-hybridized carbons (Fsp3) is 0.217. The minimum Gasteiger partial charge on any atom is -0.497 e. The van der Waals surface area contributed by atoms with Crippen LogP contribution >= 0.6 is 0 Å². The Morgan fingerprint density at radius 3 is 2.38 bits per heavy atom. The minimum atomic E-state index is -0.0629. The lowest BCUT2D eigenvalue weighted by molar-refractivity contribution is -0.116. The van der Waals surface area contributed by atoms with Gasteiger partial charge in [0.25, 0.3) is 0 Å². The number of benzene rings is 2. The van der Waals surface area contributed by atoms with Crippen LogP contribution in [0.1, 0.15) is 17.5 Å². The van der Waals surface area contributed by atoms with Crippen LogP contribution in [0.25, 0.3) is 0 Å². The topological polar surface area (TPSA) is 69.7 Å². The van der Waals surface area contributed by atoms with Gasteiger partial charge in [0.2, 0.25) is 5.91 Å². The SMILES string of the molecule is COc1cc(CCC(=O)Nc2ccc(Oc3cccnc3)c(C)c2)cc(OC)c1. The largest absolute Gasteiger partial charge is 0.497 e. The molecule has 0 bridgehead atoms. The van der Waals surface area contributed by atoms with Gasteiger partial charge in [0.15, 0.2) is 0 Å². The number of carbonyl (C=O) groups excluding carboxylic acids is 1. The number of hydrogen-bond acceptors (Lipinski definition) is 5. The normalized spacial score (nSPS) is 10.3. The molecule has 3 rings (SSSR count). The average Bonchev–Trinajstić information content (AvgIpc) is 2.74. The lowest BCUT2D eigenvalue weighted by Gasteiger charge is -2.11. The summed E-state index contributed by atoms with van der Waals surface area (Å²) in [5.74, 6) is 2.74. The maximum absolute atomic E-state index is 12.4. The third-order valence-electron chi connectivity index (χ3n) is 4.37. The van der Waals surface area contributed by atoms with E-state index in [1.165, 1.54) is 0 Å². The number of pyridine rings is 1. The van der Waals surface area contributed by atoms with Crippen LogP contribution in [0, 0.1) is 6.92 Å². The minimum absolute atomic E-state index is 0.0629. The lowest BCUT2D eigenvalue weighted by Crippen LogP contribution is -2.12. The summed E-state index contributed by atoms with van der Waals surface area (Å²) in [4.78, 5) is 16.4. The Labute approximate surface area is 170 Å². The van der Waals surface area contributed by atoms with Crippen LogP contribution in [0.15, 0.2) is 60.9 Å². The Morgan fingerprint density at radius 2 is 1.76 bits per heavy atom. The summed E-state index contributed by atoms with van der Waals surface area (Å²) in [7, 11) is 3.21. The molecule has 1 N–H and O–H groups in total. The molecule has 0 unspecified atom stereocenters. The first-order chi connectivity index (χ1) is 14.1. The summed E-state index contributed by atoms with van der Waals surface area (Å²) < 4.78 is 16.4. The third kappa shape index (κ3) is 5.72. The van der Waals surface area contributed by atoms with Gasteiger partial charge in [0.1, 0.15) is 23.0 Å². The maximum atomic E-state index is 12.4. The second kappa shape index (κ2) is 9.59. The maximum Gasteiger partial charge on any atom is 0.224 e. The monoisotopic (exact) mass is 392 g/mol. The fourth-order valence-corrected chi connectivity index (χ4v) is 2.87. The Balaban J connectivity index is 1.59. The van der Waals surface area contributed by atoms with Gasteiger partial charge in [-0.3, -0.25) is 9.78 Å². The molecule has 0 saturated heterocycles. The lowest BCUT2D eigenvalue weighted by atomic mass is 10.1. The zero-order chi connectivity index (χ0) is 20.6. The van der Waals surface area contributed by atoms with Crippen molar-refractivity contribution in [2.24, 2.45) is 0 Å². The molecular formula is C23H24N2O4. The molecule has 150 valence electrons. The molecule has 29 heavy (non-hydrogen) atoms. The number of ether oxygens (including phenoxy) is 3. The molecular weight excluding hydrogens is 368 g/mol. The molecule has 2 aromatic carbocycles. The summed E-state index contributed by atoms with van der Waals surface area (Å²) in [6, 6.07) is 14.8. The standard InChI is InChI=1S/C23H24N2O4/c1-16-11-18(7-8-22(16)29-19-5-4-10-24-15-19)25-23(26)9-6-17-12-20(27-2)14-21(13-17)28-3/h4-5,7-8,10-15H,6,9H2,1-3H3,(H,25,26). The first kappa shape index (κ1) is 20.2. The number of carbonyl (C=O) groups is 1. The molecule has 3 aromatic rings. The Morgan fingerprint density at radius 1 is 1.00 bits per heavy atom. The number of methoxy groups -OCH3 is 2.